The summed E-state index contributed by atoms with van der Waals surface area (Å²) in [5.74, 6) is 1.60. The fraction of sp³-hybridized carbons (Fsp3) is 0.353. The van der Waals surface area contributed by atoms with Gasteiger partial charge in [0.05, 0.1) is 0 Å². The number of aromatic nitrogens is 7. The van der Waals surface area contributed by atoms with Crippen LogP contribution >= 0.6 is 0 Å². The molecule has 0 fully saturated rings. The highest BCUT2D eigenvalue weighted by Gasteiger charge is 2.13. The van der Waals surface area contributed by atoms with Crippen molar-refractivity contribution < 1.29 is 0 Å². The monoisotopic (exact) mass is 321 g/mol. The summed E-state index contributed by atoms with van der Waals surface area (Å²) in [5, 5.41) is 16.2. The van der Waals surface area contributed by atoms with Crippen LogP contribution in [0.25, 0.3) is 11.3 Å². The summed E-state index contributed by atoms with van der Waals surface area (Å²) in [6.07, 6.45) is 4.80. The lowest BCUT2D eigenvalue weighted by Gasteiger charge is -2.09. The maximum atomic E-state index is 4.64. The molecule has 24 heavy (non-hydrogen) atoms. The Kier molecular flexibility index (Phi) is 3.48. The lowest BCUT2D eigenvalue weighted by atomic mass is 9.99. The molecule has 0 aliphatic rings. The average molecular weight is 321 g/mol. The molecule has 4 rings (SSSR count). The van der Waals surface area contributed by atoms with Gasteiger partial charge in [-0.05, 0) is 45.5 Å². The number of pyridine rings is 2. The molecule has 1 atom stereocenters. The molecule has 4 heterocycles. The van der Waals surface area contributed by atoms with E-state index in [1.807, 2.05) is 22.8 Å². The summed E-state index contributed by atoms with van der Waals surface area (Å²) in [7, 11) is 0. The van der Waals surface area contributed by atoms with Crippen molar-refractivity contribution in [3.63, 3.8) is 0 Å². The van der Waals surface area contributed by atoms with Gasteiger partial charge in [0.2, 0.25) is 0 Å². The van der Waals surface area contributed by atoms with Crippen LogP contribution in [-0.2, 0) is 6.42 Å². The second-order valence-electron chi connectivity index (χ2n) is 6.50. The van der Waals surface area contributed by atoms with E-state index < -0.39 is 0 Å². The third kappa shape index (κ3) is 2.62. The Balaban J connectivity index is 1.60. The van der Waals surface area contributed by atoms with Crippen molar-refractivity contribution >= 4 is 11.3 Å². The van der Waals surface area contributed by atoms with Crippen LogP contribution in [0.2, 0.25) is 0 Å². The fourth-order valence-corrected chi connectivity index (χ4v) is 2.81. The van der Waals surface area contributed by atoms with Crippen LogP contribution in [0.1, 0.15) is 49.6 Å². The maximum Gasteiger partial charge on any atom is 0.179 e. The molecule has 1 unspecified atom stereocenters. The second-order valence-corrected chi connectivity index (χ2v) is 6.50. The largest absolute Gasteiger partial charge is 0.221 e. The number of hydrogen-bond donors (Lipinski definition) is 0. The molecule has 0 N–H and O–H groups in total. The Labute approximate surface area is 139 Å². The molecule has 0 amide bonds. The first-order valence-electron chi connectivity index (χ1n) is 8.13. The number of rotatable bonds is 4. The Bertz CT molecular complexity index is 998. The van der Waals surface area contributed by atoms with E-state index in [1.165, 1.54) is 5.56 Å². The highest BCUT2D eigenvalue weighted by Crippen LogP contribution is 2.20. The average Bonchev–Trinajstić information content (AvgIpc) is 3.18. The van der Waals surface area contributed by atoms with Crippen molar-refractivity contribution in [2.45, 2.75) is 39.0 Å². The predicted octanol–water partition coefficient (Wildman–Crippen LogP) is 2.64. The fourth-order valence-electron chi connectivity index (χ4n) is 2.81. The van der Waals surface area contributed by atoms with Gasteiger partial charge in [-0.3, -0.25) is 0 Å². The van der Waals surface area contributed by atoms with Gasteiger partial charge in [0.15, 0.2) is 17.1 Å². The van der Waals surface area contributed by atoms with Crippen molar-refractivity contribution in [1.29, 1.82) is 0 Å². The Morgan fingerprint density at radius 1 is 0.917 bits per heavy atom. The van der Waals surface area contributed by atoms with E-state index in [0.717, 1.165) is 29.1 Å². The van der Waals surface area contributed by atoms with Crippen LogP contribution in [0.5, 0.6) is 0 Å². The molecule has 7 heteroatoms. The summed E-state index contributed by atoms with van der Waals surface area (Å²) < 4.78 is 3.57. The highest BCUT2D eigenvalue weighted by molar-refractivity contribution is 5.40. The summed E-state index contributed by atoms with van der Waals surface area (Å²) in [6, 6.07) is 8.14. The van der Waals surface area contributed by atoms with Gasteiger partial charge in [-0.1, -0.05) is 32.9 Å². The normalized spacial score (nSPS) is 13.2. The van der Waals surface area contributed by atoms with E-state index >= 15 is 0 Å². The molecule has 0 radical (unpaired) electrons. The molecular weight excluding hydrogens is 302 g/mol. The van der Waals surface area contributed by atoms with Crippen LogP contribution in [0, 0.1) is 0 Å². The van der Waals surface area contributed by atoms with Gasteiger partial charge in [0.25, 0.3) is 0 Å². The van der Waals surface area contributed by atoms with E-state index in [9.17, 15) is 0 Å². The lowest BCUT2D eigenvalue weighted by molar-refractivity contribution is 0.703. The molecule has 0 bridgehead atoms. The minimum absolute atomic E-state index is 0.278. The van der Waals surface area contributed by atoms with Crippen molar-refractivity contribution in [3.8, 4) is 0 Å². The first-order chi connectivity index (χ1) is 11.6. The molecule has 0 aliphatic heterocycles. The number of fused-ring (bicyclic) bond motifs is 2. The number of nitrogens with zero attached hydrogens (tertiary/aromatic N) is 7. The molecule has 0 saturated carbocycles. The van der Waals surface area contributed by atoms with Gasteiger partial charge < -0.3 is 0 Å². The van der Waals surface area contributed by atoms with Gasteiger partial charge in [0, 0.05) is 18.8 Å². The van der Waals surface area contributed by atoms with Crippen molar-refractivity contribution in [1.82, 2.24) is 34.6 Å². The molecule has 7 nitrogen and oxygen atoms in total. The van der Waals surface area contributed by atoms with Crippen LogP contribution in [0.3, 0.4) is 0 Å². The Morgan fingerprint density at radius 2 is 1.67 bits per heavy atom. The second kappa shape index (κ2) is 5.67. The minimum Gasteiger partial charge on any atom is -0.221 e. The summed E-state index contributed by atoms with van der Waals surface area (Å²) in [6.45, 7) is 6.52. The summed E-state index contributed by atoms with van der Waals surface area (Å²) >= 11 is 0. The molecule has 0 saturated heterocycles. The first-order valence-corrected chi connectivity index (χ1v) is 8.13. The van der Waals surface area contributed by atoms with Gasteiger partial charge in [-0.2, -0.15) is 5.10 Å². The SMILES string of the molecule is CC(C)c1ccc2nc(CC(C)c3ccc4nnnn4c3)nn2c1. The third-order valence-electron chi connectivity index (χ3n) is 4.34. The van der Waals surface area contributed by atoms with Gasteiger partial charge in [0.1, 0.15) is 0 Å². The van der Waals surface area contributed by atoms with Crippen LogP contribution in [0.15, 0.2) is 36.7 Å². The van der Waals surface area contributed by atoms with E-state index in [0.29, 0.717) is 5.92 Å². The minimum atomic E-state index is 0.278. The van der Waals surface area contributed by atoms with Crippen LogP contribution in [-0.4, -0.2) is 34.6 Å². The number of tetrazole rings is 1. The van der Waals surface area contributed by atoms with E-state index in [4.69, 9.17) is 0 Å². The van der Waals surface area contributed by atoms with Crippen LogP contribution in [0.4, 0.5) is 0 Å². The van der Waals surface area contributed by atoms with Crippen molar-refractivity contribution in [2.75, 3.05) is 0 Å². The van der Waals surface area contributed by atoms with Crippen molar-refractivity contribution in [2.24, 2.45) is 0 Å². The maximum absolute atomic E-state index is 4.64. The highest BCUT2D eigenvalue weighted by atomic mass is 15.5. The standard InChI is InChI=1S/C17H19N7/c1-11(2)13-4-6-16-18-15(20-23(16)9-13)8-12(3)14-5-7-17-19-21-22-24(17)10-14/h4-7,9-12H,8H2,1-3H3. The molecular formula is C17H19N7. The van der Waals surface area contributed by atoms with E-state index in [2.05, 4.69) is 64.7 Å². The topological polar surface area (TPSA) is 73.3 Å². The quantitative estimate of drug-likeness (QED) is 0.578. The Morgan fingerprint density at radius 3 is 2.50 bits per heavy atom. The molecule has 4 aromatic heterocycles. The molecule has 4 aromatic rings. The van der Waals surface area contributed by atoms with E-state index in [1.54, 1.807) is 4.52 Å². The third-order valence-corrected chi connectivity index (χ3v) is 4.34. The molecule has 0 aromatic carbocycles. The zero-order chi connectivity index (χ0) is 16.7. The summed E-state index contributed by atoms with van der Waals surface area (Å²) in [5.41, 5.74) is 4.06. The van der Waals surface area contributed by atoms with E-state index in [-0.39, 0.29) is 5.92 Å². The molecule has 122 valence electrons. The Hall–Kier alpha value is -2.83. The zero-order valence-electron chi connectivity index (χ0n) is 14.0. The van der Waals surface area contributed by atoms with Gasteiger partial charge in [-0.15, -0.1) is 5.10 Å². The molecule has 0 spiro atoms. The molecule has 0 aliphatic carbocycles. The zero-order valence-corrected chi connectivity index (χ0v) is 14.0. The van der Waals surface area contributed by atoms with Crippen LogP contribution < -0.4 is 0 Å². The smallest absolute Gasteiger partial charge is 0.179 e. The predicted molar refractivity (Wildman–Crippen MR) is 90.0 cm³/mol. The number of hydrogen-bond acceptors (Lipinski definition) is 5. The van der Waals surface area contributed by atoms with Gasteiger partial charge in [-0.25, -0.2) is 14.0 Å². The van der Waals surface area contributed by atoms with Crippen molar-refractivity contribution in [3.05, 3.63) is 53.6 Å². The van der Waals surface area contributed by atoms with Gasteiger partial charge >= 0.3 is 0 Å². The summed E-state index contributed by atoms with van der Waals surface area (Å²) in [4.78, 5) is 4.64. The lowest BCUT2D eigenvalue weighted by Crippen LogP contribution is -2.02. The first kappa shape index (κ1) is 14.7.